The third kappa shape index (κ3) is 9.50. The molecule has 0 amide bonds. The Balaban J connectivity index is 0.00000163. The highest BCUT2D eigenvalue weighted by molar-refractivity contribution is 6.04. The Morgan fingerprint density at radius 2 is 1.78 bits per heavy atom. The van der Waals surface area contributed by atoms with E-state index in [1.54, 1.807) is 24.4 Å². The molecule has 6 heteroatoms. The van der Waals surface area contributed by atoms with Crippen molar-refractivity contribution >= 4 is 18.2 Å². The van der Waals surface area contributed by atoms with Crippen molar-refractivity contribution in [2.24, 2.45) is 15.7 Å². The van der Waals surface area contributed by atoms with Crippen LogP contribution in [0.4, 0.5) is 14.5 Å². The zero-order valence-electron chi connectivity index (χ0n) is 22.1. The van der Waals surface area contributed by atoms with Crippen LogP contribution in [0.2, 0.25) is 0 Å². The van der Waals surface area contributed by atoms with E-state index in [4.69, 9.17) is 4.99 Å². The lowest BCUT2D eigenvalue weighted by Gasteiger charge is -2.11. The lowest BCUT2D eigenvalue weighted by molar-refractivity contribution is 0.603. The molecule has 0 bridgehead atoms. The van der Waals surface area contributed by atoms with Crippen LogP contribution in [0.25, 0.3) is 11.1 Å². The van der Waals surface area contributed by atoms with Gasteiger partial charge >= 0.3 is 0 Å². The number of halogens is 2. The van der Waals surface area contributed by atoms with Gasteiger partial charge in [0.25, 0.3) is 0 Å². The highest BCUT2D eigenvalue weighted by atomic mass is 19.1. The van der Waals surface area contributed by atoms with Crippen LogP contribution < -0.4 is 5.73 Å². The maximum Gasteiger partial charge on any atom is 0.159 e. The van der Waals surface area contributed by atoms with Crippen LogP contribution in [0.5, 0.6) is 0 Å². The summed E-state index contributed by atoms with van der Waals surface area (Å²) in [5, 5.41) is 0. The van der Waals surface area contributed by atoms with E-state index in [1.165, 1.54) is 13.1 Å². The first-order chi connectivity index (χ1) is 18.0. The molecule has 0 aliphatic heterocycles. The Morgan fingerprint density at radius 1 is 1.03 bits per heavy atom. The molecule has 37 heavy (non-hydrogen) atoms. The standard InChI is InChI=1S/C28H25F2N3.C2H6.CH5N/c1-4-6-9-20(5-2)28(31-3)33-27-16-12-21(25-19-23(29)13-15-26(25)30)18-22(27)11-14-24-10-7-8-17-32-24;2*1-2/h4-10,12-13,15-19H,2-3,11,14H2,1H3;1-2H3;2H2,1H3/b6-4-,20-9+,33-28?;;. The molecule has 0 atom stereocenters. The SMILES string of the molecule is C=C/C(=C\C=C/C)C(N=C)=Nc1ccc(-c2cc(F)ccc2F)cc1CCc1ccccn1.CC.CN. The van der Waals surface area contributed by atoms with Crippen molar-refractivity contribution < 1.29 is 8.78 Å². The van der Waals surface area contributed by atoms with Crippen molar-refractivity contribution in [1.29, 1.82) is 0 Å². The quantitative estimate of drug-likeness (QED) is 0.194. The van der Waals surface area contributed by atoms with Gasteiger partial charge in [-0.25, -0.2) is 18.8 Å². The fourth-order valence-corrected chi connectivity index (χ4v) is 3.33. The molecule has 194 valence electrons. The minimum absolute atomic E-state index is 0.200. The van der Waals surface area contributed by atoms with Gasteiger partial charge in [-0.05, 0) is 87.1 Å². The maximum absolute atomic E-state index is 14.4. The predicted molar refractivity (Wildman–Crippen MR) is 155 cm³/mol. The molecule has 0 spiro atoms. The smallest absolute Gasteiger partial charge is 0.159 e. The molecule has 3 rings (SSSR count). The molecular weight excluding hydrogens is 466 g/mol. The van der Waals surface area contributed by atoms with Gasteiger partial charge in [0, 0.05) is 23.0 Å². The number of hydrogen-bond donors (Lipinski definition) is 1. The number of hydrogen-bond acceptors (Lipinski definition) is 3. The fourth-order valence-electron chi connectivity index (χ4n) is 3.33. The molecule has 0 aliphatic carbocycles. The summed E-state index contributed by atoms with van der Waals surface area (Å²) in [6, 6.07) is 14.5. The zero-order chi connectivity index (χ0) is 27.6. The van der Waals surface area contributed by atoms with Gasteiger partial charge in [-0.15, -0.1) is 0 Å². The molecule has 2 aromatic carbocycles. The van der Waals surface area contributed by atoms with Gasteiger partial charge in [0.05, 0.1) is 5.69 Å². The fraction of sp³-hybridized carbons (Fsp3) is 0.194. The Bertz CT molecular complexity index is 1230. The van der Waals surface area contributed by atoms with Crippen LogP contribution in [0.3, 0.4) is 0 Å². The Kier molecular flexibility index (Phi) is 14.6. The summed E-state index contributed by atoms with van der Waals surface area (Å²) in [6.07, 6.45) is 10.3. The topological polar surface area (TPSA) is 63.6 Å². The zero-order valence-corrected chi connectivity index (χ0v) is 22.1. The second-order valence-corrected chi connectivity index (χ2v) is 7.23. The van der Waals surface area contributed by atoms with Gasteiger partial charge in [-0.2, -0.15) is 0 Å². The molecule has 0 radical (unpaired) electrons. The largest absolute Gasteiger partial charge is 0.333 e. The van der Waals surface area contributed by atoms with E-state index in [2.05, 4.69) is 29.0 Å². The van der Waals surface area contributed by atoms with Gasteiger partial charge in [0.15, 0.2) is 5.84 Å². The van der Waals surface area contributed by atoms with Crippen LogP contribution in [0, 0.1) is 11.6 Å². The minimum atomic E-state index is -0.494. The lowest BCUT2D eigenvalue weighted by Crippen LogP contribution is -1.99. The van der Waals surface area contributed by atoms with Crippen LogP contribution in [0.1, 0.15) is 32.0 Å². The summed E-state index contributed by atoms with van der Waals surface area (Å²) in [6.45, 7) is 13.4. The number of aryl methyl sites for hydroxylation is 2. The van der Waals surface area contributed by atoms with Crippen molar-refractivity contribution in [3.8, 4) is 11.1 Å². The molecule has 0 unspecified atom stereocenters. The summed E-state index contributed by atoms with van der Waals surface area (Å²) in [7, 11) is 1.50. The maximum atomic E-state index is 14.4. The number of allylic oxidation sites excluding steroid dienone is 3. The summed E-state index contributed by atoms with van der Waals surface area (Å²) in [5.74, 6) is -0.557. The van der Waals surface area contributed by atoms with E-state index in [0.717, 1.165) is 29.0 Å². The average molecular weight is 503 g/mol. The average Bonchev–Trinajstić information content (AvgIpc) is 2.96. The summed E-state index contributed by atoms with van der Waals surface area (Å²) in [5.41, 5.74) is 8.45. The highest BCUT2D eigenvalue weighted by Crippen LogP contribution is 2.31. The molecule has 0 saturated heterocycles. The van der Waals surface area contributed by atoms with Crippen molar-refractivity contribution in [2.75, 3.05) is 7.05 Å². The first-order valence-corrected chi connectivity index (χ1v) is 12.1. The first-order valence-electron chi connectivity index (χ1n) is 12.1. The third-order valence-corrected chi connectivity index (χ3v) is 5.02. The van der Waals surface area contributed by atoms with Gasteiger partial charge in [-0.1, -0.05) is 56.9 Å². The molecule has 3 aromatic rings. The Hall–Kier alpha value is -4.03. The summed E-state index contributed by atoms with van der Waals surface area (Å²) < 4.78 is 28.2. The first kappa shape index (κ1) is 31.0. The molecule has 0 saturated carbocycles. The van der Waals surface area contributed by atoms with Gasteiger partial charge in [0.1, 0.15) is 11.6 Å². The molecular formula is C31H36F2N4. The number of aliphatic imine (C=N–C) groups is 2. The predicted octanol–water partition coefficient (Wildman–Crippen LogP) is 7.83. The molecule has 4 nitrogen and oxygen atoms in total. The minimum Gasteiger partial charge on any atom is -0.333 e. The lowest BCUT2D eigenvalue weighted by atomic mass is 9.98. The summed E-state index contributed by atoms with van der Waals surface area (Å²) in [4.78, 5) is 13.2. The van der Waals surface area contributed by atoms with E-state index in [0.29, 0.717) is 29.9 Å². The van der Waals surface area contributed by atoms with Gasteiger partial charge < -0.3 is 5.73 Å². The highest BCUT2D eigenvalue weighted by Gasteiger charge is 2.12. The number of amidine groups is 1. The number of aromatic nitrogens is 1. The molecule has 0 fully saturated rings. The number of nitrogens with zero attached hydrogens (tertiary/aromatic N) is 3. The molecule has 1 heterocycles. The molecule has 0 aliphatic rings. The van der Waals surface area contributed by atoms with E-state index in [-0.39, 0.29) is 5.56 Å². The van der Waals surface area contributed by atoms with Crippen LogP contribution in [-0.2, 0) is 12.8 Å². The van der Waals surface area contributed by atoms with Crippen LogP contribution in [0.15, 0.2) is 107 Å². The van der Waals surface area contributed by atoms with E-state index in [9.17, 15) is 8.78 Å². The van der Waals surface area contributed by atoms with Crippen LogP contribution in [-0.4, -0.2) is 24.6 Å². The number of rotatable bonds is 8. The number of nitrogens with two attached hydrogens (primary N) is 1. The Morgan fingerprint density at radius 3 is 2.41 bits per heavy atom. The number of pyridine rings is 1. The van der Waals surface area contributed by atoms with E-state index < -0.39 is 11.6 Å². The van der Waals surface area contributed by atoms with Crippen molar-refractivity contribution in [3.63, 3.8) is 0 Å². The van der Waals surface area contributed by atoms with Crippen molar-refractivity contribution in [2.45, 2.75) is 33.6 Å². The molecule has 2 N–H and O–H groups in total. The van der Waals surface area contributed by atoms with Crippen molar-refractivity contribution in [3.05, 3.63) is 120 Å². The van der Waals surface area contributed by atoms with E-state index >= 15 is 0 Å². The second kappa shape index (κ2) is 17.4. The number of benzene rings is 2. The monoisotopic (exact) mass is 502 g/mol. The normalized spacial score (nSPS) is 11.2. The van der Waals surface area contributed by atoms with Crippen molar-refractivity contribution in [1.82, 2.24) is 4.98 Å². The summed E-state index contributed by atoms with van der Waals surface area (Å²) >= 11 is 0. The molecule has 1 aromatic heterocycles. The van der Waals surface area contributed by atoms with Gasteiger partial charge in [-0.3, -0.25) is 4.98 Å². The van der Waals surface area contributed by atoms with Gasteiger partial charge in [0.2, 0.25) is 0 Å². The Labute approximate surface area is 219 Å². The van der Waals surface area contributed by atoms with Crippen LogP contribution >= 0.6 is 0 Å². The van der Waals surface area contributed by atoms with E-state index in [1.807, 2.05) is 63.3 Å². The third-order valence-electron chi connectivity index (χ3n) is 5.02. The second-order valence-electron chi connectivity index (χ2n) is 7.23.